The van der Waals surface area contributed by atoms with E-state index in [1.54, 1.807) is 31.4 Å². The summed E-state index contributed by atoms with van der Waals surface area (Å²) < 4.78 is 0. The van der Waals surface area contributed by atoms with Crippen LogP contribution < -0.4 is 10.6 Å². The molecular formula is C15H15Cl2N3O. The summed E-state index contributed by atoms with van der Waals surface area (Å²) in [6.45, 7) is 0.484. The Labute approximate surface area is 133 Å². The molecule has 0 unspecified atom stereocenters. The molecular weight excluding hydrogens is 309 g/mol. The van der Waals surface area contributed by atoms with Crippen LogP contribution in [0, 0.1) is 0 Å². The lowest BCUT2D eigenvalue weighted by Crippen LogP contribution is -2.26. The van der Waals surface area contributed by atoms with Crippen LogP contribution in [0.5, 0.6) is 0 Å². The molecule has 1 heterocycles. The molecule has 0 aliphatic carbocycles. The largest absolute Gasteiger partial charge is 0.387 e. The summed E-state index contributed by atoms with van der Waals surface area (Å²) in [6.07, 6.45) is 3.81. The van der Waals surface area contributed by atoms with Gasteiger partial charge in [-0.2, -0.15) is 0 Å². The smallest absolute Gasteiger partial charge is 0.254 e. The Balaban J connectivity index is 1.95. The number of hydrogen-bond donors (Lipinski definition) is 2. The van der Waals surface area contributed by atoms with Gasteiger partial charge in [0.1, 0.15) is 0 Å². The number of aromatic nitrogens is 1. The zero-order valence-electron chi connectivity index (χ0n) is 11.5. The van der Waals surface area contributed by atoms with Crippen molar-refractivity contribution in [1.82, 2.24) is 10.3 Å². The van der Waals surface area contributed by atoms with E-state index in [1.807, 2.05) is 6.07 Å². The molecule has 0 atom stereocenters. The van der Waals surface area contributed by atoms with Crippen molar-refractivity contribution in [2.24, 2.45) is 0 Å². The minimum Gasteiger partial charge on any atom is -0.387 e. The number of nitrogens with zero attached hydrogens (tertiary/aromatic N) is 1. The summed E-state index contributed by atoms with van der Waals surface area (Å²) in [5, 5.41) is 7.02. The maximum atomic E-state index is 12.1. The number of halogens is 2. The minimum absolute atomic E-state index is 0.169. The number of nitrogens with one attached hydrogen (secondary N) is 2. The summed E-state index contributed by atoms with van der Waals surface area (Å²) in [5.41, 5.74) is 2.20. The van der Waals surface area contributed by atoms with Crippen LogP contribution in [-0.4, -0.2) is 24.5 Å². The molecule has 0 saturated heterocycles. The van der Waals surface area contributed by atoms with E-state index in [2.05, 4.69) is 15.6 Å². The van der Waals surface area contributed by atoms with Crippen LogP contribution in [0.1, 0.15) is 15.9 Å². The zero-order chi connectivity index (χ0) is 15.2. The van der Waals surface area contributed by atoms with E-state index >= 15 is 0 Å². The zero-order valence-corrected chi connectivity index (χ0v) is 13.0. The fourth-order valence-electron chi connectivity index (χ4n) is 1.92. The first kappa shape index (κ1) is 15.6. The second kappa shape index (κ2) is 7.29. The van der Waals surface area contributed by atoms with Gasteiger partial charge in [0.15, 0.2) is 0 Å². The second-order valence-electron chi connectivity index (χ2n) is 4.41. The third-order valence-electron chi connectivity index (χ3n) is 3.03. The normalized spacial score (nSPS) is 10.2. The Morgan fingerprint density at radius 1 is 1.29 bits per heavy atom. The molecule has 0 fully saturated rings. The highest BCUT2D eigenvalue weighted by atomic mass is 35.5. The molecule has 21 heavy (non-hydrogen) atoms. The molecule has 110 valence electrons. The molecule has 4 nitrogen and oxygen atoms in total. The van der Waals surface area contributed by atoms with Crippen LogP contribution in [0.4, 0.5) is 5.69 Å². The van der Waals surface area contributed by atoms with Crippen LogP contribution in [0.15, 0.2) is 36.7 Å². The van der Waals surface area contributed by atoms with Crippen LogP contribution in [0.25, 0.3) is 0 Å². The van der Waals surface area contributed by atoms with Crippen LogP contribution in [0.2, 0.25) is 10.0 Å². The monoisotopic (exact) mass is 323 g/mol. The van der Waals surface area contributed by atoms with E-state index in [0.29, 0.717) is 28.6 Å². The molecule has 1 aromatic carbocycles. The van der Waals surface area contributed by atoms with Crippen molar-refractivity contribution < 1.29 is 4.79 Å². The Bertz CT molecular complexity index is 647. The van der Waals surface area contributed by atoms with Gasteiger partial charge in [-0.05, 0) is 30.2 Å². The standard InChI is InChI=1S/C15H15Cl2N3O/c1-18-14-5-6-19-9-12(14)15(21)20-7-4-10-2-3-11(16)8-13(10)17/h2-3,5-6,8-9H,4,7H2,1H3,(H,18,19)(H,20,21). The number of benzene rings is 1. The van der Waals surface area contributed by atoms with E-state index in [4.69, 9.17) is 23.2 Å². The molecule has 0 aliphatic heterocycles. The molecule has 0 radical (unpaired) electrons. The van der Waals surface area contributed by atoms with Crippen LogP contribution in [0.3, 0.4) is 0 Å². The lowest BCUT2D eigenvalue weighted by Gasteiger charge is -2.10. The Morgan fingerprint density at radius 3 is 2.81 bits per heavy atom. The molecule has 2 rings (SSSR count). The Hall–Kier alpha value is -1.78. The number of hydrogen-bond acceptors (Lipinski definition) is 3. The molecule has 0 saturated carbocycles. The first-order chi connectivity index (χ1) is 10.1. The maximum Gasteiger partial charge on any atom is 0.254 e. The predicted molar refractivity (Wildman–Crippen MR) is 86.3 cm³/mol. The summed E-state index contributed by atoms with van der Waals surface area (Å²) in [6, 6.07) is 7.09. The average Bonchev–Trinajstić information content (AvgIpc) is 2.49. The van der Waals surface area contributed by atoms with Crippen molar-refractivity contribution >= 4 is 34.8 Å². The van der Waals surface area contributed by atoms with Crippen molar-refractivity contribution in [2.75, 3.05) is 18.9 Å². The van der Waals surface area contributed by atoms with Gasteiger partial charge < -0.3 is 10.6 Å². The van der Waals surface area contributed by atoms with E-state index < -0.39 is 0 Å². The number of anilines is 1. The van der Waals surface area contributed by atoms with Gasteiger partial charge in [-0.3, -0.25) is 9.78 Å². The maximum absolute atomic E-state index is 12.1. The van der Waals surface area contributed by atoms with Gasteiger partial charge in [0.05, 0.1) is 5.56 Å². The first-order valence-corrected chi connectivity index (χ1v) is 7.21. The first-order valence-electron chi connectivity index (χ1n) is 6.45. The third-order valence-corrected chi connectivity index (χ3v) is 3.62. The van der Waals surface area contributed by atoms with Crippen molar-refractivity contribution in [3.63, 3.8) is 0 Å². The van der Waals surface area contributed by atoms with E-state index in [0.717, 1.165) is 11.3 Å². The number of carbonyl (C=O) groups excluding carboxylic acids is 1. The van der Waals surface area contributed by atoms with E-state index in [9.17, 15) is 4.79 Å². The van der Waals surface area contributed by atoms with Gasteiger partial charge in [-0.1, -0.05) is 29.3 Å². The minimum atomic E-state index is -0.169. The van der Waals surface area contributed by atoms with E-state index in [-0.39, 0.29) is 5.91 Å². The van der Waals surface area contributed by atoms with Gasteiger partial charge in [0.2, 0.25) is 0 Å². The third kappa shape index (κ3) is 4.09. The molecule has 1 amide bonds. The molecule has 1 aromatic heterocycles. The van der Waals surface area contributed by atoms with Crippen LogP contribution >= 0.6 is 23.2 Å². The molecule has 6 heteroatoms. The number of pyridine rings is 1. The summed E-state index contributed by atoms with van der Waals surface area (Å²) >= 11 is 11.9. The highest BCUT2D eigenvalue weighted by Crippen LogP contribution is 2.21. The average molecular weight is 324 g/mol. The highest BCUT2D eigenvalue weighted by Gasteiger charge is 2.10. The summed E-state index contributed by atoms with van der Waals surface area (Å²) in [4.78, 5) is 16.1. The molecule has 0 aliphatic rings. The lowest BCUT2D eigenvalue weighted by molar-refractivity contribution is 0.0954. The SMILES string of the molecule is CNc1ccncc1C(=O)NCCc1ccc(Cl)cc1Cl. The Kier molecular flexibility index (Phi) is 5.42. The van der Waals surface area contributed by atoms with Gasteiger partial charge in [-0.15, -0.1) is 0 Å². The molecule has 0 bridgehead atoms. The van der Waals surface area contributed by atoms with Gasteiger partial charge in [-0.25, -0.2) is 0 Å². The fourth-order valence-corrected chi connectivity index (χ4v) is 2.43. The molecule has 2 aromatic rings. The second-order valence-corrected chi connectivity index (χ2v) is 5.26. The van der Waals surface area contributed by atoms with Crippen LogP contribution in [-0.2, 0) is 6.42 Å². The quantitative estimate of drug-likeness (QED) is 0.886. The topological polar surface area (TPSA) is 54.0 Å². The van der Waals surface area contributed by atoms with Crippen molar-refractivity contribution in [2.45, 2.75) is 6.42 Å². The molecule has 2 N–H and O–H groups in total. The predicted octanol–water partition coefficient (Wildman–Crippen LogP) is 3.40. The van der Waals surface area contributed by atoms with Crippen molar-refractivity contribution in [3.05, 3.63) is 57.8 Å². The van der Waals surface area contributed by atoms with Crippen molar-refractivity contribution in [1.29, 1.82) is 0 Å². The lowest BCUT2D eigenvalue weighted by atomic mass is 10.1. The number of rotatable bonds is 5. The van der Waals surface area contributed by atoms with Crippen molar-refractivity contribution in [3.8, 4) is 0 Å². The molecule has 0 spiro atoms. The van der Waals surface area contributed by atoms with Gasteiger partial charge in [0, 0.05) is 41.7 Å². The summed E-state index contributed by atoms with van der Waals surface area (Å²) in [7, 11) is 1.76. The highest BCUT2D eigenvalue weighted by molar-refractivity contribution is 6.35. The fraction of sp³-hybridized carbons (Fsp3) is 0.200. The van der Waals surface area contributed by atoms with Gasteiger partial charge >= 0.3 is 0 Å². The number of amides is 1. The Morgan fingerprint density at radius 2 is 2.10 bits per heavy atom. The summed E-state index contributed by atoms with van der Waals surface area (Å²) in [5.74, 6) is -0.169. The van der Waals surface area contributed by atoms with Gasteiger partial charge in [0.25, 0.3) is 5.91 Å². The number of carbonyl (C=O) groups is 1. The van der Waals surface area contributed by atoms with E-state index in [1.165, 1.54) is 6.20 Å².